The van der Waals surface area contributed by atoms with Crippen LogP contribution < -0.4 is 5.73 Å². The zero-order valence-corrected chi connectivity index (χ0v) is 4.96. The standard InChI is InChI=1S/C5H9NO3/c1-4(5(7)8)9-3-2-6/h1-3,6H2,(H,7,8). The Bertz CT molecular complexity index is 121. The number of ether oxygens (including phenoxy) is 1. The molecule has 0 fully saturated rings. The first-order valence-corrected chi connectivity index (χ1v) is 2.43. The first-order chi connectivity index (χ1) is 4.18. The molecule has 52 valence electrons. The summed E-state index contributed by atoms with van der Waals surface area (Å²) in [7, 11) is 0. The van der Waals surface area contributed by atoms with Gasteiger partial charge in [-0.3, -0.25) is 0 Å². The van der Waals surface area contributed by atoms with Crippen LogP contribution in [0.2, 0.25) is 0 Å². The van der Waals surface area contributed by atoms with Crippen LogP contribution in [-0.4, -0.2) is 24.2 Å². The Morgan fingerprint density at radius 2 is 2.33 bits per heavy atom. The number of carboxylic acids is 1. The molecule has 0 bridgehead atoms. The second-order valence-electron chi connectivity index (χ2n) is 1.37. The molecule has 0 atom stereocenters. The molecule has 0 heterocycles. The van der Waals surface area contributed by atoms with E-state index in [4.69, 9.17) is 10.8 Å². The number of hydrogen-bond acceptors (Lipinski definition) is 3. The Morgan fingerprint density at radius 1 is 1.78 bits per heavy atom. The molecule has 0 aromatic heterocycles. The third kappa shape index (κ3) is 3.54. The highest BCUT2D eigenvalue weighted by molar-refractivity contribution is 5.83. The molecule has 0 aliphatic heterocycles. The van der Waals surface area contributed by atoms with E-state index in [0.717, 1.165) is 0 Å². The van der Waals surface area contributed by atoms with E-state index in [0.29, 0.717) is 6.54 Å². The number of nitrogens with two attached hydrogens (primary N) is 1. The fraction of sp³-hybridized carbons (Fsp3) is 0.400. The van der Waals surface area contributed by atoms with Crippen LogP contribution in [0.1, 0.15) is 0 Å². The highest BCUT2D eigenvalue weighted by Gasteiger charge is 2.01. The Hall–Kier alpha value is -1.03. The van der Waals surface area contributed by atoms with Gasteiger partial charge in [0.2, 0.25) is 0 Å². The van der Waals surface area contributed by atoms with E-state index in [9.17, 15) is 4.79 Å². The van der Waals surface area contributed by atoms with Gasteiger partial charge in [0.15, 0.2) is 5.76 Å². The molecule has 0 aromatic rings. The number of aliphatic carboxylic acids is 1. The second-order valence-corrected chi connectivity index (χ2v) is 1.37. The lowest BCUT2D eigenvalue weighted by Gasteiger charge is -2.00. The average molecular weight is 131 g/mol. The molecule has 0 rings (SSSR count). The van der Waals surface area contributed by atoms with Crippen molar-refractivity contribution in [3.63, 3.8) is 0 Å². The minimum absolute atomic E-state index is 0.200. The summed E-state index contributed by atoms with van der Waals surface area (Å²) in [5, 5.41) is 8.14. The van der Waals surface area contributed by atoms with Gasteiger partial charge in [-0.05, 0) is 6.58 Å². The third-order valence-corrected chi connectivity index (χ3v) is 0.633. The minimum atomic E-state index is -1.15. The molecule has 3 N–H and O–H groups in total. The van der Waals surface area contributed by atoms with Gasteiger partial charge in [0.05, 0.1) is 0 Å². The van der Waals surface area contributed by atoms with E-state index in [-0.39, 0.29) is 12.4 Å². The van der Waals surface area contributed by atoms with E-state index in [1.54, 1.807) is 0 Å². The Morgan fingerprint density at radius 3 is 2.67 bits per heavy atom. The molecule has 0 aliphatic carbocycles. The van der Waals surface area contributed by atoms with Gasteiger partial charge in [-0.1, -0.05) is 0 Å². The van der Waals surface area contributed by atoms with Gasteiger partial charge < -0.3 is 15.6 Å². The maximum absolute atomic E-state index is 9.94. The lowest BCUT2D eigenvalue weighted by molar-refractivity contribution is -0.136. The fourth-order valence-corrected chi connectivity index (χ4v) is 0.244. The van der Waals surface area contributed by atoms with Crippen LogP contribution in [-0.2, 0) is 9.53 Å². The normalized spacial score (nSPS) is 8.56. The molecular weight excluding hydrogens is 122 g/mol. The SMILES string of the molecule is C=C(OCCN)C(=O)O. The molecule has 0 aliphatic rings. The molecule has 0 saturated carbocycles. The second kappa shape index (κ2) is 3.91. The number of carbonyl (C=O) groups is 1. The van der Waals surface area contributed by atoms with Crippen LogP contribution in [0.5, 0.6) is 0 Å². The largest absolute Gasteiger partial charge is 0.486 e. The summed E-state index contributed by atoms with van der Waals surface area (Å²) in [5.41, 5.74) is 5.02. The van der Waals surface area contributed by atoms with Crippen molar-refractivity contribution < 1.29 is 14.6 Å². The topological polar surface area (TPSA) is 72.5 Å². The first kappa shape index (κ1) is 7.97. The van der Waals surface area contributed by atoms with Crippen molar-refractivity contribution in [3.8, 4) is 0 Å². The van der Waals surface area contributed by atoms with Crippen molar-refractivity contribution >= 4 is 5.97 Å². The molecule has 0 spiro atoms. The highest BCUT2D eigenvalue weighted by Crippen LogP contribution is 1.90. The third-order valence-electron chi connectivity index (χ3n) is 0.633. The van der Waals surface area contributed by atoms with Crippen molar-refractivity contribution in [3.05, 3.63) is 12.3 Å². The number of carboxylic acid groups (broad SMARTS) is 1. The summed E-state index contributed by atoms with van der Waals surface area (Å²) < 4.78 is 4.53. The molecule has 4 nitrogen and oxygen atoms in total. The van der Waals surface area contributed by atoms with E-state index in [1.165, 1.54) is 0 Å². The van der Waals surface area contributed by atoms with Gasteiger partial charge in [0.25, 0.3) is 0 Å². The quantitative estimate of drug-likeness (QED) is 0.400. The van der Waals surface area contributed by atoms with Gasteiger partial charge in [-0.25, -0.2) is 4.79 Å². The highest BCUT2D eigenvalue weighted by atomic mass is 16.5. The Labute approximate surface area is 52.9 Å². The van der Waals surface area contributed by atoms with Crippen LogP contribution in [0.25, 0.3) is 0 Å². The Kier molecular flexibility index (Phi) is 3.46. The molecule has 0 unspecified atom stereocenters. The summed E-state index contributed by atoms with van der Waals surface area (Å²) >= 11 is 0. The van der Waals surface area contributed by atoms with Crippen LogP contribution in [0.4, 0.5) is 0 Å². The van der Waals surface area contributed by atoms with E-state index >= 15 is 0 Å². The zero-order chi connectivity index (χ0) is 7.28. The van der Waals surface area contributed by atoms with Crippen LogP contribution in [0.3, 0.4) is 0 Å². The van der Waals surface area contributed by atoms with Crippen LogP contribution in [0, 0.1) is 0 Å². The maximum Gasteiger partial charge on any atom is 0.370 e. The number of hydrogen-bond donors (Lipinski definition) is 2. The molecule has 4 heteroatoms. The fourth-order valence-electron chi connectivity index (χ4n) is 0.244. The average Bonchev–Trinajstić information content (AvgIpc) is 1.82. The van der Waals surface area contributed by atoms with Crippen molar-refractivity contribution in [1.29, 1.82) is 0 Å². The molecular formula is C5H9NO3. The van der Waals surface area contributed by atoms with Gasteiger partial charge in [0.1, 0.15) is 6.61 Å². The van der Waals surface area contributed by atoms with Gasteiger partial charge >= 0.3 is 5.97 Å². The predicted molar refractivity (Wildman–Crippen MR) is 31.8 cm³/mol. The van der Waals surface area contributed by atoms with Gasteiger partial charge in [-0.2, -0.15) is 0 Å². The molecule has 9 heavy (non-hydrogen) atoms. The van der Waals surface area contributed by atoms with Gasteiger partial charge in [-0.15, -0.1) is 0 Å². The smallest absolute Gasteiger partial charge is 0.370 e. The summed E-state index contributed by atoms with van der Waals surface area (Å²) in [5.74, 6) is -1.41. The van der Waals surface area contributed by atoms with Gasteiger partial charge in [0, 0.05) is 6.54 Å². The summed E-state index contributed by atoms with van der Waals surface area (Å²) in [6.07, 6.45) is 0. The van der Waals surface area contributed by atoms with Crippen LogP contribution >= 0.6 is 0 Å². The zero-order valence-electron chi connectivity index (χ0n) is 4.96. The monoisotopic (exact) mass is 131 g/mol. The van der Waals surface area contributed by atoms with E-state index in [2.05, 4.69) is 11.3 Å². The summed E-state index contributed by atoms with van der Waals surface area (Å²) in [4.78, 5) is 9.94. The van der Waals surface area contributed by atoms with Crippen molar-refractivity contribution in [2.45, 2.75) is 0 Å². The molecule has 0 amide bonds. The summed E-state index contributed by atoms with van der Waals surface area (Å²) in [6.45, 7) is 3.61. The predicted octanol–water partition coefficient (Wildman–Crippen LogP) is -0.440. The number of rotatable bonds is 4. The maximum atomic E-state index is 9.94. The molecule has 0 aromatic carbocycles. The molecule has 0 radical (unpaired) electrons. The van der Waals surface area contributed by atoms with Crippen molar-refractivity contribution in [2.75, 3.05) is 13.2 Å². The van der Waals surface area contributed by atoms with Crippen molar-refractivity contribution in [2.24, 2.45) is 5.73 Å². The Balaban J connectivity index is 3.39. The summed E-state index contributed by atoms with van der Waals surface area (Å²) in [6, 6.07) is 0. The van der Waals surface area contributed by atoms with Crippen molar-refractivity contribution in [1.82, 2.24) is 0 Å². The first-order valence-electron chi connectivity index (χ1n) is 2.43. The van der Waals surface area contributed by atoms with E-state index < -0.39 is 5.97 Å². The lowest BCUT2D eigenvalue weighted by Crippen LogP contribution is -2.11. The minimum Gasteiger partial charge on any atom is -0.486 e. The van der Waals surface area contributed by atoms with E-state index in [1.807, 2.05) is 0 Å². The molecule has 0 saturated heterocycles. The lowest BCUT2D eigenvalue weighted by atomic mass is 10.6. The van der Waals surface area contributed by atoms with Crippen LogP contribution in [0.15, 0.2) is 12.3 Å².